The summed E-state index contributed by atoms with van der Waals surface area (Å²) in [7, 11) is 0. The van der Waals surface area contributed by atoms with Crippen LogP contribution < -0.4 is 10.9 Å². The van der Waals surface area contributed by atoms with E-state index in [-0.39, 0.29) is 5.56 Å². The van der Waals surface area contributed by atoms with Crippen molar-refractivity contribution in [2.24, 2.45) is 5.92 Å². The topological polar surface area (TPSA) is 34.0 Å². The molecule has 21 heavy (non-hydrogen) atoms. The molecule has 0 aliphatic carbocycles. The van der Waals surface area contributed by atoms with Gasteiger partial charge in [0.15, 0.2) is 0 Å². The van der Waals surface area contributed by atoms with E-state index in [2.05, 4.69) is 36.5 Å². The van der Waals surface area contributed by atoms with Crippen LogP contribution in [0.25, 0.3) is 11.1 Å². The first kappa shape index (κ1) is 12.8. The van der Waals surface area contributed by atoms with Crippen LogP contribution in [0, 0.1) is 12.8 Å². The number of nitrogens with zero attached hydrogens (tertiary/aromatic N) is 1. The molecule has 3 heteroatoms. The van der Waals surface area contributed by atoms with Crippen molar-refractivity contribution in [3.63, 3.8) is 0 Å². The highest BCUT2D eigenvalue weighted by Gasteiger charge is 2.33. The molecule has 0 spiro atoms. The van der Waals surface area contributed by atoms with Crippen LogP contribution in [0.5, 0.6) is 0 Å². The summed E-state index contributed by atoms with van der Waals surface area (Å²) >= 11 is 0. The summed E-state index contributed by atoms with van der Waals surface area (Å²) < 4.78 is 2.04. The summed E-state index contributed by atoms with van der Waals surface area (Å²) in [6, 6.07) is 12.3. The van der Waals surface area contributed by atoms with E-state index >= 15 is 0 Å². The Bertz CT molecular complexity index is 733. The molecule has 1 aromatic carbocycles. The van der Waals surface area contributed by atoms with Crippen LogP contribution in [0.3, 0.4) is 0 Å². The van der Waals surface area contributed by atoms with Crippen molar-refractivity contribution in [1.82, 2.24) is 9.88 Å². The first-order valence-electron chi connectivity index (χ1n) is 7.74. The van der Waals surface area contributed by atoms with Crippen molar-refractivity contribution in [3.8, 4) is 11.1 Å². The number of benzene rings is 1. The first-order chi connectivity index (χ1) is 10.2. The maximum Gasteiger partial charge on any atom is 0.251 e. The largest absolute Gasteiger partial charge is 0.316 e. The van der Waals surface area contributed by atoms with Gasteiger partial charge in [-0.3, -0.25) is 4.79 Å². The van der Waals surface area contributed by atoms with Crippen LogP contribution in [0.15, 0.2) is 41.2 Å². The summed E-state index contributed by atoms with van der Waals surface area (Å²) in [5, 5.41) is 3.53. The second-order valence-corrected chi connectivity index (χ2v) is 6.36. The molecule has 4 rings (SSSR count). The standard InChI is InChI=1S/C18H20N2O/c1-12-7-16(21)20-11-13-8-15(10-19-9-13)18(20)17(12)14-5-3-2-4-6-14/h2-7,13,15,19H,8-11H2,1H3. The van der Waals surface area contributed by atoms with E-state index in [1.807, 2.05) is 10.6 Å². The minimum atomic E-state index is 0.166. The Hall–Kier alpha value is -1.87. The monoisotopic (exact) mass is 280 g/mol. The van der Waals surface area contributed by atoms with Crippen LogP contribution >= 0.6 is 0 Å². The van der Waals surface area contributed by atoms with Gasteiger partial charge in [0.2, 0.25) is 0 Å². The Balaban J connectivity index is 2.00. The zero-order chi connectivity index (χ0) is 14.4. The number of fused-ring (bicyclic) bond motifs is 4. The molecular formula is C18H20N2O. The van der Waals surface area contributed by atoms with Gasteiger partial charge in [-0.05, 0) is 36.9 Å². The molecule has 3 heterocycles. The summed E-state index contributed by atoms with van der Waals surface area (Å²) in [4.78, 5) is 12.4. The number of aromatic nitrogens is 1. The van der Waals surface area contributed by atoms with Crippen molar-refractivity contribution in [2.75, 3.05) is 13.1 Å². The van der Waals surface area contributed by atoms with Crippen molar-refractivity contribution in [2.45, 2.75) is 25.8 Å². The van der Waals surface area contributed by atoms with Crippen LogP contribution in [0.1, 0.15) is 23.6 Å². The van der Waals surface area contributed by atoms with Crippen LogP contribution in [0.2, 0.25) is 0 Å². The van der Waals surface area contributed by atoms with Crippen LogP contribution in [-0.4, -0.2) is 17.7 Å². The SMILES string of the molecule is Cc1cc(=O)n2c(c1-c1ccccc1)C1CNCC(C1)C2. The Morgan fingerprint density at radius 3 is 2.81 bits per heavy atom. The maximum absolute atomic E-state index is 12.4. The smallest absolute Gasteiger partial charge is 0.251 e. The molecule has 2 atom stereocenters. The fraction of sp³-hybridized carbons (Fsp3) is 0.389. The lowest BCUT2D eigenvalue weighted by atomic mass is 9.80. The van der Waals surface area contributed by atoms with E-state index < -0.39 is 0 Å². The van der Waals surface area contributed by atoms with Gasteiger partial charge in [-0.2, -0.15) is 0 Å². The third-order valence-electron chi connectivity index (χ3n) is 4.88. The molecule has 1 fully saturated rings. The second kappa shape index (κ2) is 4.85. The van der Waals surface area contributed by atoms with E-state index in [0.29, 0.717) is 11.8 Å². The quantitative estimate of drug-likeness (QED) is 0.871. The average molecular weight is 280 g/mol. The highest BCUT2D eigenvalue weighted by atomic mass is 16.1. The molecule has 2 aliphatic rings. The van der Waals surface area contributed by atoms with E-state index in [1.54, 1.807) is 6.07 Å². The number of hydrogen-bond donors (Lipinski definition) is 1. The molecule has 108 valence electrons. The lowest BCUT2D eigenvalue weighted by Gasteiger charge is -2.39. The van der Waals surface area contributed by atoms with Crippen LogP contribution in [-0.2, 0) is 6.54 Å². The van der Waals surface area contributed by atoms with Gasteiger partial charge in [-0.1, -0.05) is 30.3 Å². The molecule has 3 nitrogen and oxygen atoms in total. The molecule has 2 aromatic rings. The number of rotatable bonds is 1. The van der Waals surface area contributed by atoms with E-state index in [4.69, 9.17) is 0 Å². The van der Waals surface area contributed by atoms with Gasteiger partial charge < -0.3 is 9.88 Å². The van der Waals surface area contributed by atoms with Crippen LogP contribution in [0.4, 0.5) is 0 Å². The van der Waals surface area contributed by atoms with Gasteiger partial charge in [-0.25, -0.2) is 0 Å². The zero-order valence-corrected chi connectivity index (χ0v) is 12.3. The maximum atomic E-state index is 12.4. The van der Waals surface area contributed by atoms with Gasteiger partial charge in [0.05, 0.1) is 0 Å². The van der Waals surface area contributed by atoms with Crippen molar-refractivity contribution < 1.29 is 0 Å². The fourth-order valence-electron chi connectivity index (χ4n) is 4.02. The molecule has 0 radical (unpaired) electrons. The molecule has 2 aliphatic heterocycles. The van der Waals surface area contributed by atoms with Gasteiger partial charge in [0.1, 0.15) is 0 Å². The Morgan fingerprint density at radius 2 is 2.00 bits per heavy atom. The molecular weight excluding hydrogens is 260 g/mol. The minimum Gasteiger partial charge on any atom is -0.316 e. The molecule has 1 N–H and O–H groups in total. The Kier molecular flexibility index (Phi) is 2.96. The molecule has 2 unspecified atom stereocenters. The van der Waals surface area contributed by atoms with Gasteiger partial charge in [-0.15, -0.1) is 0 Å². The van der Waals surface area contributed by atoms with Gasteiger partial charge in [0.25, 0.3) is 5.56 Å². The number of piperidine rings is 1. The lowest BCUT2D eigenvalue weighted by Crippen LogP contribution is -2.45. The second-order valence-electron chi connectivity index (χ2n) is 6.36. The highest BCUT2D eigenvalue weighted by molar-refractivity contribution is 5.70. The Morgan fingerprint density at radius 1 is 1.19 bits per heavy atom. The van der Waals surface area contributed by atoms with E-state index in [9.17, 15) is 4.79 Å². The fourth-order valence-corrected chi connectivity index (χ4v) is 4.02. The molecule has 1 saturated heterocycles. The van der Waals surface area contributed by atoms with Gasteiger partial charge >= 0.3 is 0 Å². The number of hydrogen-bond acceptors (Lipinski definition) is 2. The summed E-state index contributed by atoms with van der Waals surface area (Å²) in [5.74, 6) is 1.06. The number of pyridine rings is 1. The summed E-state index contributed by atoms with van der Waals surface area (Å²) in [5.41, 5.74) is 5.00. The van der Waals surface area contributed by atoms with Crippen molar-refractivity contribution in [3.05, 3.63) is 58.0 Å². The normalized spacial score (nSPS) is 23.7. The first-order valence-corrected chi connectivity index (χ1v) is 7.74. The van der Waals surface area contributed by atoms with Crippen molar-refractivity contribution in [1.29, 1.82) is 0 Å². The zero-order valence-electron chi connectivity index (χ0n) is 12.3. The average Bonchev–Trinajstić information content (AvgIpc) is 2.50. The third-order valence-corrected chi connectivity index (χ3v) is 4.88. The predicted molar refractivity (Wildman–Crippen MR) is 84.6 cm³/mol. The predicted octanol–water partition coefficient (Wildman–Crippen LogP) is 2.53. The summed E-state index contributed by atoms with van der Waals surface area (Å²) in [6.45, 7) is 4.95. The third kappa shape index (κ3) is 2.04. The van der Waals surface area contributed by atoms with Gasteiger partial charge in [0, 0.05) is 36.3 Å². The minimum absolute atomic E-state index is 0.166. The molecule has 1 aromatic heterocycles. The lowest BCUT2D eigenvalue weighted by molar-refractivity contribution is 0.258. The highest BCUT2D eigenvalue weighted by Crippen LogP contribution is 2.38. The Labute approximate surface area is 124 Å². The molecule has 0 saturated carbocycles. The summed E-state index contributed by atoms with van der Waals surface area (Å²) in [6.07, 6.45) is 1.20. The number of nitrogens with one attached hydrogen (secondary N) is 1. The molecule has 0 amide bonds. The number of aryl methyl sites for hydroxylation is 1. The van der Waals surface area contributed by atoms with E-state index in [1.165, 1.54) is 23.2 Å². The van der Waals surface area contributed by atoms with E-state index in [0.717, 1.165) is 25.2 Å². The van der Waals surface area contributed by atoms with Crippen molar-refractivity contribution >= 4 is 0 Å². The molecule has 2 bridgehead atoms.